The summed E-state index contributed by atoms with van der Waals surface area (Å²) in [6, 6.07) is 11.2. The van der Waals surface area contributed by atoms with Gasteiger partial charge in [-0.3, -0.25) is 14.7 Å². The Labute approximate surface area is 223 Å². The van der Waals surface area contributed by atoms with Crippen molar-refractivity contribution in [2.75, 3.05) is 46.2 Å². The Kier molecular flexibility index (Phi) is 8.19. The van der Waals surface area contributed by atoms with Crippen molar-refractivity contribution in [2.45, 2.75) is 19.4 Å². The van der Waals surface area contributed by atoms with E-state index >= 15 is 0 Å². The van der Waals surface area contributed by atoms with Crippen LogP contribution in [0.15, 0.2) is 53.5 Å². The van der Waals surface area contributed by atoms with Crippen LogP contribution in [0.1, 0.15) is 11.4 Å². The highest BCUT2D eigenvalue weighted by atomic mass is 19.3. The molecule has 0 unspecified atom stereocenters. The number of nitro benzene ring substituents is 1. The Hall–Kier alpha value is -4.39. The smallest absolute Gasteiger partial charge is 0.335 e. The predicted octanol–water partition coefficient (Wildman–Crippen LogP) is 3.35. The number of rotatable bonds is 11. The van der Waals surface area contributed by atoms with E-state index in [4.69, 9.17) is 4.74 Å². The van der Waals surface area contributed by atoms with Gasteiger partial charge < -0.3 is 14.5 Å². The van der Waals surface area contributed by atoms with E-state index in [1.807, 2.05) is 19.0 Å². The summed E-state index contributed by atoms with van der Waals surface area (Å²) in [7, 11) is 7.10. The van der Waals surface area contributed by atoms with E-state index in [-0.39, 0.29) is 23.8 Å². The number of methoxy groups -OCH3 is 1. The molecule has 0 saturated heterocycles. The fraction of sp³-hybridized carbons (Fsp3) is 0.346. The summed E-state index contributed by atoms with van der Waals surface area (Å²) in [6.45, 7) is 0.515. The van der Waals surface area contributed by atoms with Crippen molar-refractivity contribution in [3.8, 4) is 11.6 Å². The van der Waals surface area contributed by atoms with Gasteiger partial charge in [0.25, 0.3) is 12.1 Å². The molecule has 0 atom stereocenters. The highest BCUT2D eigenvalue weighted by molar-refractivity contribution is 5.77. The van der Waals surface area contributed by atoms with Crippen LogP contribution in [0, 0.1) is 10.1 Å². The third-order valence-electron chi connectivity index (χ3n) is 6.29. The molecule has 0 N–H and O–H groups in total. The lowest BCUT2D eigenvalue weighted by Gasteiger charge is -2.22. The highest BCUT2D eigenvalue weighted by Crippen LogP contribution is 2.35. The second kappa shape index (κ2) is 11.6. The average Bonchev–Trinajstić information content (AvgIpc) is 3.17. The monoisotopic (exact) mass is 541 g/mol. The minimum absolute atomic E-state index is 0.0734. The van der Waals surface area contributed by atoms with Gasteiger partial charge in [-0.2, -0.15) is 0 Å². The molecule has 0 radical (unpaired) electrons. The van der Waals surface area contributed by atoms with E-state index in [9.17, 15) is 23.7 Å². The minimum atomic E-state index is -2.71. The van der Waals surface area contributed by atoms with E-state index in [0.717, 1.165) is 4.57 Å². The summed E-state index contributed by atoms with van der Waals surface area (Å²) in [5.74, 6) is 0.890. The zero-order chi connectivity index (χ0) is 28.3. The molecular formula is C26H29F2N7O4. The van der Waals surface area contributed by atoms with Gasteiger partial charge in [-0.05, 0) is 32.3 Å². The molecule has 39 heavy (non-hydrogen) atoms. The number of nitrogens with zero attached hydrogens (tertiary/aromatic N) is 7. The van der Waals surface area contributed by atoms with Gasteiger partial charge in [0.1, 0.15) is 23.1 Å². The second-order valence-corrected chi connectivity index (χ2v) is 9.25. The molecule has 4 aromatic rings. The van der Waals surface area contributed by atoms with Gasteiger partial charge >= 0.3 is 5.69 Å². The van der Waals surface area contributed by atoms with Crippen molar-refractivity contribution < 1.29 is 18.4 Å². The number of nitro groups is 1. The third kappa shape index (κ3) is 5.87. The summed E-state index contributed by atoms with van der Waals surface area (Å²) >= 11 is 0. The van der Waals surface area contributed by atoms with Crippen molar-refractivity contribution in [1.29, 1.82) is 0 Å². The van der Waals surface area contributed by atoms with E-state index in [2.05, 4.69) is 9.97 Å². The minimum Gasteiger partial charge on any atom is -0.496 e. The van der Waals surface area contributed by atoms with Crippen LogP contribution >= 0.6 is 0 Å². The molecule has 0 aliphatic rings. The van der Waals surface area contributed by atoms with Crippen LogP contribution in [0.25, 0.3) is 16.9 Å². The maximum atomic E-state index is 13.2. The number of halogens is 2. The first-order chi connectivity index (χ1) is 18.6. The lowest BCUT2D eigenvalue weighted by Crippen LogP contribution is -2.29. The molecule has 0 bridgehead atoms. The molecule has 0 amide bonds. The largest absolute Gasteiger partial charge is 0.496 e. The molecule has 0 fully saturated rings. The molecule has 4 rings (SSSR count). The summed E-state index contributed by atoms with van der Waals surface area (Å²) in [5.41, 5.74) is 0.934. The number of fused-ring (bicyclic) bond motifs is 1. The number of imidazole rings is 1. The Balaban J connectivity index is 1.74. The molecule has 206 valence electrons. The number of benzene rings is 2. The summed E-state index contributed by atoms with van der Waals surface area (Å²) in [6.07, 6.45) is -1.19. The number of anilines is 1. The number of aromatic nitrogens is 4. The second-order valence-electron chi connectivity index (χ2n) is 9.25. The van der Waals surface area contributed by atoms with Gasteiger partial charge in [-0.1, -0.05) is 12.1 Å². The number of hydrogen-bond acceptors (Lipinski definition) is 8. The number of para-hydroxylation sites is 2. The lowest BCUT2D eigenvalue weighted by molar-refractivity contribution is -0.384. The molecule has 2 aromatic carbocycles. The zero-order valence-corrected chi connectivity index (χ0v) is 22.0. The van der Waals surface area contributed by atoms with E-state index in [1.54, 1.807) is 42.3 Å². The van der Waals surface area contributed by atoms with Crippen LogP contribution in [0.4, 0.5) is 20.2 Å². The van der Waals surface area contributed by atoms with Gasteiger partial charge in [0.05, 0.1) is 29.6 Å². The first-order valence-electron chi connectivity index (χ1n) is 12.1. The number of hydrogen-bond donors (Lipinski definition) is 0. The summed E-state index contributed by atoms with van der Waals surface area (Å²) in [4.78, 5) is 37.2. The van der Waals surface area contributed by atoms with E-state index in [1.165, 1.54) is 30.0 Å². The standard InChI is InChI=1S/C26H29F2N7O4/c1-31(2)11-12-32(3)20-15-22(39-4)17(13-21(20)35(37)38)14-24-29-10-9-25(30-24)34-19-8-6-5-7-18(19)33(26(34)36)16-23(27)28/h5-10,13,15,23H,11-12,14,16H2,1-4H3. The van der Waals surface area contributed by atoms with Gasteiger partial charge in [0.2, 0.25) is 0 Å². The van der Waals surface area contributed by atoms with Gasteiger partial charge in [0, 0.05) is 50.5 Å². The van der Waals surface area contributed by atoms with E-state index in [0.29, 0.717) is 41.1 Å². The first kappa shape index (κ1) is 27.6. The van der Waals surface area contributed by atoms with Crippen LogP contribution in [-0.2, 0) is 13.0 Å². The normalized spacial score (nSPS) is 11.5. The number of alkyl halides is 2. The van der Waals surface area contributed by atoms with Crippen molar-refractivity contribution in [2.24, 2.45) is 0 Å². The average molecular weight is 542 g/mol. The lowest BCUT2D eigenvalue weighted by atomic mass is 10.1. The van der Waals surface area contributed by atoms with Crippen molar-refractivity contribution in [3.05, 3.63) is 80.6 Å². The number of likely N-dealkylation sites (N-methyl/N-ethyl adjacent to an activating group) is 2. The SMILES string of the molecule is COc1cc(N(C)CCN(C)C)c([N+](=O)[O-])cc1Cc1nccc(-n2c(=O)n(CC(F)F)c3ccccc32)n1. The fourth-order valence-electron chi connectivity index (χ4n) is 4.36. The summed E-state index contributed by atoms with van der Waals surface area (Å²) < 4.78 is 34.2. The highest BCUT2D eigenvalue weighted by Gasteiger charge is 2.23. The van der Waals surface area contributed by atoms with Gasteiger partial charge in [0.15, 0.2) is 0 Å². The molecule has 11 nitrogen and oxygen atoms in total. The van der Waals surface area contributed by atoms with Crippen LogP contribution < -0.4 is 15.3 Å². The Bertz CT molecular complexity index is 1550. The fourth-order valence-corrected chi connectivity index (χ4v) is 4.36. The van der Waals surface area contributed by atoms with Crippen LogP contribution in [0.5, 0.6) is 5.75 Å². The van der Waals surface area contributed by atoms with Crippen molar-refractivity contribution >= 4 is 22.4 Å². The summed E-state index contributed by atoms with van der Waals surface area (Å²) in [5, 5.41) is 12.0. The molecule has 0 aliphatic carbocycles. The van der Waals surface area contributed by atoms with Gasteiger partial charge in [-0.25, -0.2) is 28.1 Å². The molecule has 13 heteroatoms. The molecule has 0 aliphatic heterocycles. The van der Waals surface area contributed by atoms with Crippen LogP contribution in [-0.4, -0.2) is 76.7 Å². The Morgan fingerprint density at radius 1 is 1.10 bits per heavy atom. The van der Waals surface area contributed by atoms with Crippen molar-refractivity contribution in [1.82, 2.24) is 24.0 Å². The maximum Gasteiger partial charge on any atom is 0.335 e. The van der Waals surface area contributed by atoms with Crippen LogP contribution in [0.2, 0.25) is 0 Å². The Morgan fingerprint density at radius 3 is 2.46 bits per heavy atom. The molecule has 2 heterocycles. The predicted molar refractivity (Wildman–Crippen MR) is 143 cm³/mol. The number of ether oxygens (including phenoxy) is 1. The topological polar surface area (TPSA) is 112 Å². The van der Waals surface area contributed by atoms with Crippen LogP contribution in [0.3, 0.4) is 0 Å². The Morgan fingerprint density at radius 2 is 1.82 bits per heavy atom. The maximum absolute atomic E-state index is 13.2. The van der Waals surface area contributed by atoms with Crippen molar-refractivity contribution in [3.63, 3.8) is 0 Å². The molecule has 0 spiro atoms. The molecule has 0 saturated carbocycles. The zero-order valence-electron chi connectivity index (χ0n) is 22.0. The third-order valence-corrected chi connectivity index (χ3v) is 6.29. The first-order valence-corrected chi connectivity index (χ1v) is 12.1. The molecule has 2 aromatic heterocycles. The van der Waals surface area contributed by atoms with E-state index < -0.39 is 23.6 Å². The quantitative estimate of drug-likeness (QED) is 0.210. The van der Waals surface area contributed by atoms with Gasteiger partial charge in [-0.15, -0.1) is 0 Å². The molecular weight excluding hydrogens is 512 g/mol.